The van der Waals surface area contributed by atoms with E-state index in [0.29, 0.717) is 6.54 Å². The molecule has 3 nitrogen and oxygen atoms in total. The van der Waals surface area contributed by atoms with Gasteiger partial charge in [-0.25, -0.2) is 4.98 Å². The number of hydrogen-bond acceptors (Lipinski definition) is 2. The summed E-state index contributed by atoms with van der Waals surface area (Å²) >= 11 is 6.10. The standard InChI is InChI=1S/C21H18ClN3/c1-15-7-2-3-10-18(15)20-21(25-12-5-4-11-19(25)24-20)23-14-16-8-6-9-17(22)13-16/h2-13,23H,14H2,1H3. The maximum absolute atomic E-state index is 6.10. The number of nitrogens with one attached hydrogen (secondary N) is 1. The Morgan fingerprint density at radius 2 is 1.84 bits per heavy atom. The van der Waals surface area contributed by atoms with E-state index in [1.807, 2.05) is 54.7 Å². The molecule has 4 heteroatoms. The van der Waals surface area contributed by atoms with Crippen LogP contribution in [0.4, 0.5) is 5.82 Å². The molecular weight excluding hydrogens is 330 g/mol. The van der Waals surface area contributed by atoms with Crippen LogP contribution >= 0.6 is 11.6 Å². The lowest BCUT2D eigenvalue weighted by Gasteiger charge is -2.10. The third-order valence-corrected chi connectivity index (χ3v) is 4.51. The van der Waals surface area contributed by atoms with Crippen molar-refractivity contribution in [3.05, 3.63) is 89.1 Å². The topological polar surface area (TPSA) is 29.3 Å². The molecule has 2 aromatic heterocycles. The summed E-state index contributed by atoms with van der Waals surface area (Å²) in [7, 11) is 0. The number of anilines is 1. The minimum Gasteiger partial charge on any atom is -0.365 e. The summed E-state index contributed by atoms with van der Waals surface area (Å²) in [6.07, 6.45) is 2.03. The highest BCUT2D eigenvalue weighted by Crippen LogP contribution is 2.31. The monoisotopic (exact) mass is 347 g/mol. The lowest BCUT2D eigenvalue weighted by atomic mass is 10.1. The van der Waals surface area contributed by atoms with Gasteiger partial charge >= 0.3 is 0 Å². The number of nitrogens with zero attached hydrogens (tertiary/aromatic N) is 2. The maximum atomic E-state index is 6.10. The number of benzene rings is 2. The number of aromatic nitrogens is 2. The quantitative estimate of drug-likeness (QED) is 0.522. The van der Waals surface area contributed by atoms with Gasteiger partial charge in [-0.15, -0.1) is 0 Å². The second kappa shape index (κ2) is 6.61. The third kappa shape index (κ3) is 3.11. The van der Waals surface area contributed by atoms with Crippen LogP contribution in [0.2, 0.25) is 5.02 Å². The van der Waals surface area contributed by atoms with Crippen molar-refractivity contribution in [3.63, 3.8) is 0 Å². The molecule has 4 rings (SSSR count). The maximum Gasteiger partial charge on any atom is 0.139 e. The molecule has 2 aromatic carbocycles. The third-order valence-electron chi connectivity index (χ3n) is 4.28. The predicted molar refractivity (Wildman–Crippen MR) is 104 cm³/mol. The molecule has 0 saturated heterocycles. The van der Waals surface area contributed by atoms with E-state index in [1.54, 1.807) is 0 Å². The fourth-order valence-corrected chi connectivity index (χ4v) is 3.24. The predicted octanol–water partition coefficient (Wildman–Crippen LogP) is 5.58. The summed E-state index contributed by atoms with van der Waals surface area (Å²) in [5.74, 6) is 0.991. The molecule has 0 bridgehead atoms. The molecule has 0 atom stereocenters. The number of aryl methyl sites for hydroxylation is 1. The molecule has 0 radical (unpaired) electrons. The van der Waals surface area contributed by atoms with Gasteiger partial charge in [-0.1, -0.05) is 54.1 Å². The summed E-state index contributed by atoms with van der Waals surface area (Å²) in [6, 6.07) is 22.3. The van der Waals surface area contributed by atoms with Crippen LogP contribution in [0, 0.1) is 6.92 Å². The number of fused-ring (bicyclic) bond motifs is 1. The van der Waals surface area contributed by atoms with Gasteiger partial charge in [0.25, 0.3) is 0 Å². The van der Waals surface area contributed by atoms with Crippen LogP contribution in [0.5, 0.6) is 0 Å². The van der Waals surface area contributed by atoms with Crippen LogP contribution in [0.25, 0.3) is 16.9 Å². The van der Waals surface area contributed by atoms with Crippen molar-refractivity contribution in [2.24, 2.45) is 0 Å². The minimum atomic E-state index is 0.683. The molecule has 0 amide bonds. The van der Waals surface area contributed by atoms with Crippen LogP contribution in [-0.4, -0.2) is 9.38 Å². The Balaban J connectivity index is 1.78. The molecule has 0 fully saturated rings. The van der Waals surface area contributed by atoms with E-state index in [0.717, 1.165) is 33.3 Å². The van der Waals surface area contributed by atoms with Crippen molar-refractivity contribution in [2.75, 3.05) is 5.32 Å². The Morgan fingerprint density at radius 3 is 2.68 bits per heavy atom. The molecule has 0 aliphatic heterocycles. The van der Waals surface area contributed by atoms with Crippen LogP contribution in [0.15, 0.2) is 72.9 Å². The van der Waals surface area contributed by atoms with Gasteiger partial charge in [-0.05, 0) is 42.3 Å². The second-order valence-corrected chi connectivity index (χ2v) is 6.47. The molecule has 25 heavy (non-hydrogen) atoms. The molecule has 124 valence electrons. The zero-order valence-corrected chi connectivity index (χ0v) is 14.7. The molecule has 0 aliphatic rings. The highest BCUT2D eigenvalue weighted by Gasteiger charge is 2.15. The van der Waals surface area contributed by atoms with Gasteiger partial charge in [0.15, 0.2) is 0 Å². The van der Waals surface area contributed by atoms with Gasteiger partial charge in [0, 0.05) is 23.3 Å². The van der Waals surface area contributed by atoms with Gasteiger partial charge in [0.05, 0.1) is 0 Å². The fraction of sp³-hybridized carbons (Fsp3) is 0.0952. The van der Waals surface area contributed by atoms with E-state index in [-0.39, 0.29) is 0 Å². The van der Waals surface area contributed by atoms with Gasteiger partial charge in [-0.2, -0.15) is 0 Å². The Kier molecular flexibility index (Phi) is 4.16. The van der Waals surface area contributed by atoms with Crippen molar-refractivity contribution in [1.82, 2.24) is 9.38 Å². The normalized spacial score (nSPS) is 11.0. The van der Waals surface area contributed by atoms with Crippen LogP contribution in [0.1, 0.15) is 11.1 Å². The summed E-state index contributed by atoms with van der Waals surface area (Å²) in [5.41, 5.74) is 5.37. The molecule has 2 heterocycles. The van der Waals surface area contributed by atoms with Crippen molar-refractivity contribution in [3.8, 4) is 11.3 Å². The summed E-state index contributed by atoms with van der Waals surface area (Å²) in [4.78, 5) is 4.85. The molecule has 0 spiro atoms. The van der Waals surface area contributed by atoms with Crippen LogP contribution in [-0.2, 0) is 6.54 Å². The Bertz CT molecular complexity index is 1040. The van der Waals surface area contributed by atoms with Gasteiger partial charge in [0.2, 0.25) is 0 Å². The van der Waals surface area contributed by atoms with Crippen molar-refractivity contribution >= 4 is 23.1 Å². The first-order valence-electron chi connectivity index (χ1n) is 8.24. The average molecular weight is 348 g/mol. The Morgan fingerprint density at radius 1 is 1.00 bits per heavy atom. The Labute approximate surface area is 151 Å². The van der Waals surface area contributed by atoms with Crippen molar-refractivity contribution in [1.29, 1.82) is 0 Å². The lowest BCUT2D eigenvalue weighted by molar-refractivity contribution is 1.08. The van der Waals surface area contributed by atoms with Crippen LogP contribution < -0.4 is 5.32 Å². The number of halogens is 1. The van der Waals surface area contributed by atoms with Crippen molar-refractivity contribution in [2.45, 2.75) is 13.5 Å². The summed E-state index contributed by atoms with van der Waals surface area (Å²) in [6.45, 7) is 2.79. The first-order chi connectivity index (χ1) is 12.2. The molecular formula is C21H18ClN3. The van der Waals surface area contributed by atoms with E-state index >= 15 is 0 Å². The Hall–Kier alpha value is -2.78. The number of pyridine rings is 1. The highest BCUT2D eigenvalue weighted by molar-refractivity contribution is 6.30. The molecule has 0 aliphatic carbocycles. The number of imidazole rings is 1. The zero-order valence-electron chi connectivity index (χ0n) is 13.9. The smallest absolute Gasteiger partial charge is 0.139 e. The SMILES string of the molecule is Cc1ccccc1-c1nc2ccccn2c1NCc1cccc(Cl)c1. The second-order valence-electron chi connectivity index (χ2n) is 6.04. The molecule has 0 saturated carbocycles. The molecule has 4 aromatic rings. The first-order valence-corrected chi connectivity index (χ1v) is 8.61. The number of rotatable bonds is 4. The zero-order chi connectivity index (χ0) is 17.2. The first kappa shape index (κ1) is 15.7. The lowest BCUT2D eigenvalue weighted by Crippen LogP contribution is -2.03. The van der Waals surface area contributed by atoms with E-state index < -0.39 is 0 Å². The van der Waals surface area contributed by atoms with Crippen LogP contribution in [0.3, 0.4) is 0 Å². The highest BCUT2D eigenvalue weighted by atomic mass is 35.5. The average Bonchev–Trinajstić information content (AvgIpc) is 2.99. The fourth-order valence-electron chi connectivity index (χ4n) is 3.02. The molecule has 1 N–H and O–H groups in total. The van der Waals surface area contributed by atoms with E-state index in [2.05, 4.69) is 34.8 Å². The van der Waals surface area contributed by atoms with Gasteiger partial charge in [0.1, 0.15) is 17.2 Å². The molecule has 0 unspecified atom stereocenters. The number of hydrogen-bond donors (Lipinski definition) is 1. The van der Waals surface area contributed by atoms with Gasteiger partial charge < -0.3 is 5.32 Å². The summed E-state index contributed by atoms with van der Waals surface area (Å²) in [5, 5.41) is 4.29. The van der Waals surface area contributed by atoms with E-state index in [1.165, 1.54) is 5.56 Å². The summed E-state index contributed by atoms with van der Waals surface area (Å²) < 4.78 is 2.09. The van der Waals surface area contributed by atoms with E-state index in [9.17, 15) is 0 Å². The van der Waals surface area contributed by atoms with E-state index in [4.69, 9.17) is 16.6 Å². The largest absolute Gasteiger partial charge is 0.365 e. The van der Waals surface area contributed by atoms with Crippen molar-refractivity contribution < 1.29 is 0 Å². The van der Waals surface area contributed by atoms with Gasteiger partial charge in [-0.3, -0.25) is 4.40 Å². The minimum absolute atomic E-state index is 0.683.